The largest absolute Gasteiger partial charge is 0.416 e. The van der Waals surface area contributed by atoms with E-state index in [1.165, 1.54) is 12.1 Å². The summed E-state index contributed by atoms with van der Waals surface area (Å²) in [6.07, 6.45) is -2.83. The number of alkyl halides is 3. The van der Waals surface area contributed by atoms with Gasteiger partial charge in [-0.15, -0.1) is 0 Å². The van der Waals surface area contributed by atoms with Gasteiger partial charge in [-0.05, 0) is 53.4 Å². The molecule has 9 heteroatoms. The molecule has 0 saturated carbocycles. The van der Waals surface area contributed by atoms with Crippen LogP contribution >= 0.6 is 0 Å². The zero-order valence-electron chi connectivity index (χ0n) is 18.5. The molecule has 4 aromatic rings. The van der Waals surface area contributed by atoms with Crippen LogP contribution in [0, 0.1) is 0 Å². The van der Waals surface area contributed by atoms with E-state index in [9.17, 15) is 22.8 Å². The smallest absolute Gasteiger partial charge is 0.353 e. The third kappa shape index (κ3) is 4.75. The van der Waals surface area contributed by atoms with Crippen molar-refractivity contribution in [1.29, 1.82) is 0 Å². The van der Waals surface area contributed by atoms with Crippen LogP contribution in [0.1, 0.15) is 15.9 Å². The number of carbonyl (C=O) groups is 1. The van der Waals surface area contributed by atoms with Gasteiger partial charge in [-0.3, -0.25) is 9.59 Å². The molecule has 0 atom stereocenters. The van der Waals surface area contributed by atoms with Crippen LogP contribution in [-0.2, 0) is 6.18 Å². The second kappa shape index (κ2) is 8.90. The van der Waals surface area contributed by atoms with E-state index in [-0.39, 0.29) is 11.5 Å². The number of rotatable bonds is 3. The molecule has 0 unspecified atom stereocenters. The normalized spacial score (nSPS) is 14.4. The standard InChI is InChI=1S/C26H21F3N4O2/c27-26(28,29)21-3-1-2-18(14-21)20-6-8-23(30-16-20)32-10-12-33(13-11-32)25(35)19-5-4-17-7-9-24(34)31-22(17)15-19/h1-9,14-16H,10-13H2,(H,31,34). The van der Waals surface area contributed by atoms with Gasteiger partial charge in [-0.2, -0.15) is 13.2 Å². The molecule has 1 N–H and O–H groups in total. The van der Waals surface area contributed by atoms with Gasteiger partial charge in [0, 0.05) is 55.1 Å². The molecule has 0 aliphatic carbocycles. The highest BCUT2D eigenvalue weighted by Gasteiger charge is 2.30. The SMILES string of the molecule is O=C(c1ccc2ccc(=O)[nH]c2c1)N1CCN(c2ccc(-c3cccc(C(F)(F)F)c3)cn2)CC1. The van der Waals surface area contributed by atoms with Crippen molar-refractivity contribution in [3.05, 3.63) is 94.4 Å². The molecule has 0 bridgehead atoms. The first-order chi connectivity index (χ1) is 16.8. The van der Waals surface area contributed by atoms with E-state index in [0.29, 0.717) is 54.2 Å². The van der Waals surface area contributed by atoms with Crippen LogP contribution in [0.15, 0.2) is 77.7 Å². The zero-order chi connectivity index (χ0) is 24.6. The highest BCUT2D eigenvalue weighted by Crippen LogP contribution is 2.32. The molecule has 6 nitrogen and oxygen atoms in total. The van der Waals surface area contributed by atoms with Crippen molar-refractivity contribution in [2.45, 2.75) is 6.18 Å². The Morgan fingerprint density at radius 1 is 0.886 bits per heavy atom. The summed E-state index contributed by atoms with van der Waals surface area (Å²) in [5.41, 5.74) is 1.26. The highest BCUT2D eigenvalue weighted by atomic mass is 19.4. The number of aromatic amines is 1. The van der Waals surface area contributed by atoms with E-state index < -0.39 is 11.7 Å². The molecule has 1 aliphatic heterocycles. The Bertz CT molecular complexity index is 1440. The van der Waals surface area contributed by atoms with Crippen LogP contribution in [0.25, 0.3) is 22.0 Å². The van der Waals surface area contributed by atoms with Crippen LogP contribution in [0.5, 0.6) is 0 Å². The molecule has 1 saturated heterocycles. The number of hydrogen-bond donors (Lipinski definition) is 1. The minimum Gasteiger partial charge on any atom is -0.353 e. The van der Waals surface area contributed by atoms with E-state index >= 15 is 0 Å². The molecule has 178 valence electrons. The summed E-state index contributed by atoms with van der Waals surface area (Å²) in [5, 5.41) is 0.852. The summed E-state index contributed by atoms with van der Waals surface area (Å²) >= 11 is 0. The molecular formula is C26H21F3N4O2. The molecule has 3 heterocycles. The first-order valence-electron chi connectivity index (χ1n) is 11.1. The average molecular weight is 478 g/mol. The minimum absolute atomic E-state index is 0.107. The van der Waals surface area contributed by atoms with Gasteiger partial charge in [-0.25, -0.2) is 4.98 Å². The van der Waals surface area contributed by atoms with E-state index in [1.807, 2.05) is 11.0 Å². The zero-order valence-corrected chi connectivity index (χ0v) is 18.5. The first kappa shape index (κ1) is 22.6. The predicted octanol–water partition coefficient (Wildman–Crippen LogP) is 4.57. The van der Waals surface area contributed by atoms with Crippen molar-refractivity contribution in [3.8, 4) is 11.1 Å². The summed E-state index contributed by atoms with van der Waals surface area (Å²) < 4.78 is 39.0. The Balaban J connectivity index is 1.25. The quantitative estimate of drug-likeness (QED) is 0.468. The Morgan fingerprint density at radius 2 is 1.66 bits per heavy atom. The Labute approximate surface area is 198 Å². The van der Waals surface area contributed by atoms with Crippen LogP contribution in [0.2, 0.25) is 0 Å². The van der Waals surface area contributed by atoms with Crippen LogP contribution < -0.4 is 10.5 Å². The highest BCUT2D eigenvalue weighted by molar-refractivity contribution is 5.97. The first-order valence-corrected chi connectivity index (χ1v) is 11.1. The lowest BCUT2D eigenvalue weighted by Gasteiger charge is -2.35. The van der Waals surface area contributed by atoms with Gasteiger partial charge in [-0.1, -0.05) is 18.2 Å². The van der Waals surface area contributed by atoms with Gasteiger partial charge in [0.15, 0.2) is 0 Å². The monoisotopic (exact) mass is 478 g/mol. The van der Waals surface area contributed by atoms with Crippen LogP contribution in [-0.4, -0.2) is 47.0 Å². The number of pyridine rings is 2. The number of aromatic nitrogens is 2. The number of nitrogens with zero attached hydrogens (tertiary/aromatic N) is 3. The van der Waals surface area contributed by atoms with E-state index in [2.05, 4.69) is 9.97 Å². The summed E-state index contributed by atoms with van der Waals surface area (Å²) in [7, 11) is 0. The summed E-state index contributed by atoms with van der Waals surface area (Å²) in [5.74, 6) is 0.597. The fourth-order valence-electron chi connectivity index (χ4n) is 4.22. The van der Waals surface area contributed by atoms with Crippen molar-refractivity contribution in [2.75, 3.05) is 31.1 Å². The molecule has 2 aromatic heterocycles. The van der Waals surface area contributed by atoms with Gasteiger partial charge in [0.2, 0.25) is 5.56 Å². The Kier molecular flexibility index (Phi) is 5.76. The van der Waals surface area contributed by atoms with E-state index in [1.54, 1.807) is 47.5 Å². The fourth-order valence-corrected chi connectivity index (χ4v) is 4.22. The average Bonchev–Trinajstić information content (AvgIpc) is 2.87. The third-order valence-electron chi connectivity index (χ3n) is 6.13. The van der Waals surface area contributed by atoms with Gasteiger partial charge >= 0.3 is 6.18 Å². The summed E-state index contributed by atoms with van der Waals surface area (Å²) in [4.78, 5) is 35.6. The number of amides is 1. The lowest BCUT2D eigenvalue weighted by atomic mass is 10.0. The maximum atomic E-state index is 13.0. The molecular weight excluding hydrogens is 457 g/mol. The van der Waals surface area contributed by atoms with Gasteiger partial charge < -0.3 is 14.8 Å². The van der Waals surface area contributed by atoms with Crippen molar-refractivity contribution >= 4 is 22.6 Å². The van der Waals surface area contributed by atoms with Crippen LogP contribution in [0.3, 0.4) is 0 Å². The third-order valence-corrected chi connectivity index (χ3v) is 6.13. The molecule has 1 aliphatic rings. The fraction of sp³-hybridized carbons (Fsp3) is 0.192. The van der Waals surface area contributed by atoms with Gasteiger partial charge in [0.1, 0.15) is 5.82 Å². The molecule has 5 rings (SSSR count). The van der Waals surface area contributed by atoms with E-state index in [0.717, 1.165) is 17.5 Å². The Hall–Kier alpha value is -4.14. The maximum absolute atomic E-state index is 13.0. The number of piperazine rings is 1. The lowest BCUT2D eigenvalue weighted by Crippen LogP contribution is -2.49. The van der Waals surface area contributed by atoms with Crippen molar-refractivity contribution in [3.63, 3.8) is 0 Å². The lowest BCUT2D eigenvalue weighted by molar-refractivity contribution is -0.137. The van der Waals surface area contributed by atoms with Gasteiger partial charge in [0.05, 0.1) is 5.56 Å². The van der Waals surface area contributed by atoms with Crippen molar-refractivity contribution in [1.82, 2.24) is 14.9 Å². The maximum Gasteiger partial charge on any atom is 0.416 e. The van der Waals surface area contributed by atoms with Crippen molar-refractivity contribution < 1.29 is 18.0 Å². The summed E-state index contributed by atoms with van der Waals surface area (Å²) in [6, 6.07) is 17.1. The number of anilines is 1. The number of carbonyl (C=O) groups excluding carboxylic acids is 1. The second-order valence-corrected chi connectivity index (χ2v) is 8.39. The number of halogens is 3. The molecule has 1 fully saturated rings. The number of benzene rings is 2. The van der Waals surface area contributed by atoms with Crippen molar-refractivity contribution in [2.24, 2.45) is 0 Å². The second-order valence-electron chi connectivity index (χ2n) is 8.39. The van der Waals surface area contributed by atoms with Gasteiger partial charge in [0.25, 0.3) is 5.91 Å². The number of hydrogen-bond acceptors (Lipinski definition) is 4. The number of H-pyrrole nitrogens is 1. The number of fused-ring (bicyclic) bond motifs is 1. The molecule has 35 heavy (non-hydrogen) atoms. The topological polar surface area (TPSA) is 69.3 Å². The van der Waals surface area contributed by atoms with Crippen LogP contribution in [0.4, 0.5) is 19.0 Å². The summed E-state index contributed by atoms with van der Waals surface area (Å²) in [6.45, 7) is 2.15. The molecule has 1 amide bonds. The van der Waals surface area contributed by atoms with E-state index in [4.69, 9.17) is 0 Å². The molecule has 2 aromatic carbocycles. The predicted molar refractivity (Wildman–Crippen MR) is 127 cm³/mol. The molecule has 0 radical (unpaired) electrons. The number of nitrogens with one attached hydrogen (secondary N) is 1. The minimum atomic E-state index is -4.40. The molecule has 0 spiro atoms. The Morgan fingerprint density at radius 3 is 2.37 bits per heavy atom.